The summed E-state index contributed by atoms with van der Waals surface area (Å²) in [6.45, 7) is 6.19. The fraction of sp³-hybridized carbons (Fsp3) is 0.263. The van der Waals surface area contributed by atoms with Crippen molar-refractivity contribution in [3.05, 3.63) is 58.7 Å². The molecule has 5 nitrogen and oxygen atoms in total. The van der Waals surface area contributed by atoms with Gasteiger partial charge in [0.1, 0.15) is 0 Å². The number of nitrogens with one attached hydrogen (secondary N) is 2. The van der Waals surface area contributed by atoms with Crippen molar-refractivity contribution in [1.82, 2.24) is 0 Å². The first-order valence-corrected chi connectivity index (χ1v) is 7.90. The summed E-state index contributed by atoms with van der Waals surface area (Å²) < 4.78 is 0. The minimum absolute atomic E-state index is 0.121. The lowest BCUT2D eigenvalue weighted by molar-refractivity contribution is -0.116. The van der Waals surface area contributed by atoms with Crippen molar-refractivity contribution in [2.75, 3.05) is 17.2 Å². The van der Waals surface area contributed by atoms with Gasteiger partial charge in [-0.15, -0.1) is 0 Å². The molecule has 0 fully saturated rings. The van der Waals surface area contributed by atoms with Crippen molar-refractivity contribution < 1.29 is 9.59 Å². The molecule has 5 heteroatoms. The van der Waals surface area contributed by atoms with Gasteiger partial charge >= 0.3 is 0 Å². The van der Waals surface area contributed by atoms with Crippen LogP contribution in [0.25, 0.3) is 0 Å². The van der Waals surface area contributed by atoms with Gasteiger partial charge in [-0.25, -0.2) is 0 Å². The fourth-order valence-electron chi connectivity index (χ4n) is 2.31. The topological polar surface area (TPSA) is 84.2 Å². The molecule has 0 heterocycles. The third-order valence-corrected chi connectivity index (χ3v) is 3.90. The molecule has 0 aliphatic heterocycles. The van der Waals surface area contributed by atoms with Gasteiger partial charge in [0, 0.05) is 29.9 Å². The largest absolute Gasteiger partial charge is 0.330 e. The maximum atomic E-state index is 12.4. The lowest BCUT2D eigenvalue weighted by Gasteiger charge is -2.12. The van der Waals surface area contributed by atoms with Crippen LogP contribution in [0.1, 0.15) is 33.5 Å². The highest BCUT2D eigenvalue weighted by Gasteiger charge is 2.10. The molecular formula is C19H23N3O2. The van der Waals surface area contributed by atoms with Crippen LogP contribution in [0.15, 0.2) is 36.4 Å². The number of nitrogens with two attached hydrogens (primary N) is 1. The highest BCUT2D eigenvalue weighted by molar-refractivity contribution is 6.05. The summed E-state index contributed by atoms with van der Waals surface area (Å²) in [4.78, 5) is 24.0. The Bertz CT molecular complexity index is 769. The molecule has 2 aromatic carbocycles. The van der Waals surface area contributed by atoms with Gasteiger partial charge in [0.25, 0.3) is 5.91 Å². The van der Waals surface area contributed by atoms with E-state index in [1.54, 1.807) is 12.1 Å². The van der Waals surface area contributed by atoms with Crippen molar-refractivity contribution in [3.63, 3.8) is 0 Å². The zero-order valence-corrected chi connectivity index (χ0v) is 14.3. The van der Waals surface area contributed by atoms with Crippen LogP contribution in [0.4, 0.5) is 11.4 Å². The molecule has 0 saturated carbocycles. The maximum Gasteiger partial charge on any atom is 0.255 e. The maximum absolute atomic E-state index is 12.4. The van der Waals surface area contributed by atoms with E-state index in [-0.39, 0.29) is 18.2 Å². The third-order valence-electron chi connectivity index (χ3n) is 3.90. The number of aryl methyl sites for hydroxylation is 3. The van der Waals surface area contributed by atoms with Crippen LogP contribution in [0, 0.1) is 20.8 Å². The second-order valence-corrected chi connectivity index (χ2v) is 5.87. The molecule has 0 atom stereocenters. The summed E-state index contributed by atoms with van der Waals surface area (Å²) in [6, 6.07) is 11.0. The molecule has 0 bridgehead atoms. The Labute approximate surface area is 142 Å². The Morgan fingerprint density at radius 1 is 0.917 bits per heavy atom. The minimum Gasteiger partial charge on any atom is -0.330 e. The Balaban J connectivity index is 2.10. The van der Waals surface area contributed by atoms with E-state index in [0.717, 1.165) is 22.4 Å². The van der Waals surface area contributed by atoms with Crippen molar-refractivity contribution >= 4 is 23.2 Å². The van der Waals surface area contributed by atoms with Gasteiger partial charge in [-0.2, -0.15) is 0 Å². The van der Waals surface area contributed by atoms with Crippen molar-refractivity contribution in [3.8, 4) is 0 Å². The number of hydrogen-bond acceptors (Lipinski definition) is 3. The van der Waals surface area contributed by atoms with E-state index in [4.69, 9.17) is 5.73 Å². The van der Waals surface area contributed by atoms with Gasteiger partial charge in [-0.3, -0.25) is 9.59 Å². The molecular weight excluding hydrogens is 302 g/mol. The summed E-state index contributed by atoms with van der Waals surface area (Å²) >= 11 is 0. The van der Waals surface area contributed by atoms with Gasteiger partial charge < -0.3 is 16.4 Å². The molecule has 2 amide bonds. The predicted octanol–water partition coefficient (Wildman–Crippen LogP) is 3.15. The van der Waals surface area contributed by atoms with Crippen LogP contribution in [-0.2, 0) is 4.79 Å². The van der Waals surface area contributed by atoms with Crippen LogP contribution >= 0.6 is 0 Å². The molecule has 0 unspecified atom stereocenters. The van der Waals surface area contributed by atoms with Gasteiger partial charge in [0.15, 0.2) is 0 Å². The van der Waals surface area contributed by atoms with Gasteiger partial charge in [-0.05, 0) is 67.8 Å². The molecule has 0 aliphatic rings. The molecule has 2 rings (SSSR count). The zero-order valence-electron chi connectivity index (χ0n) is 14.3. The Morgan fingerprint density at radius 2 is 1.67 bits per heavy atom. The fourth-order valence-corrected chi connectivity index (χ4v) is 2.31. The van der Waals surface area contributed by atoms with Gasteiger partial charge in [-0.1, -0.05) is 6.07 Å². The van der Waals surface area contributed by atoms with Crippen LogP contribution in [0.3, 0.4) is 0 Å². The third kappa shape index (κ3) is 4.43. The Kier molecular flexibility index (Phi) is 5.71. The number of anilines is 2. The second kappa shape index (κ2) is 7.75. The molecule has 2 aromatic rings. The molecule has 24 heavy (non-hydrogen) atoms. The molecule has 0 aromatic heterocycles. The number of amides is 2. The molecule has 0 aliphatic carbocycles. The molecule has 0 spiro atoms. The first kappa shape index (κ1) is 17.7. The van der Waals surface area contributed by atoms with E-state index < -0.39 is 0 Å². The first-order valence-electron chi connectivity index (χ1n) is 7.90. The van der Waals surface area contributed by atoms with Crippen molar-refractivity contribution in [1.29, 1.82) is 0 Å². The summed E-state index contributed by atoms with van der Waals surface area (Å²) in [5, 5.41) is 5.69. The minimum atomic E-state index is -0.152. The highest BCUT2D eigenvalue weighted by Crippen LogP contribution is 2.21. The number of rotatable bonds is 5. The molecule has 0 saturated heterocycles. The number of benzene rings is 2. The monoisotopic (exact) mass is 325 g/mol. The lowest BCUT2D eigenvalue weighted by Crippen LogP contribution is -2.16. The van der Waals surface area contributed by atoms with Crippen LogP contribution < -0.4 is 16.4 Å². The highest BCUT2D eigenvalue weighted by atomic mass is 16.2. The quantitative estimate of drug-likeness (QED) is 0.789. The van der Waals surface area contributed by atoms with E-state index in [1.807, 2.05) is 45.0 Å². The molecule has 126 valence electrons. The van der Waals surface area contributed by atoms with E-state index in [0.29, 0.717) is 17.8 Å². The summed E-state index contributed by atoms with van der Waals surface area (Å²) in [5.41, 5.74) is 10.5. The van der Waals surface area contributed by atoms with Crippen LogP contribution in [0.2, 0.25) is 0 Å². The molecule has 0 radical (unpaired) electrons. The second-order valence-electron chi connectivity index (χ2n) is 5.87. The Morgan fingerprint density at radius 3 is 2.29 bits per heavy atom. The zero-order chi connectivity index (χ0) is 17.7. The van der Waals surface area contributed by atoms with Crippen LogP contribution in [-0.4, -0.2) is 18.4 Å². The smallest absolute Gasteiger partial charge is 0.255 e. The van der Waals surface area contributed by atoms with E-state index in [9.17, 15) is 9.59 Å². The van der Waals surface area contributed by atoms with Crippen molar-refractivity contribution in [2.45, 2.75) is 27.2 Å². The van der Waals surface area contributed by atoms with E-state index >= 15 is 0 Å². The number of carbonyl (C=O) groups excluding carboxylic acids is 2. The summed E-state index contributed by atoms with van der Waals surface area (Å²) in [6.07, 6.45) is 0.282. The molecule has 4 N–H and O–H groups in total. The first-order chi connectivity index (χ1) is 11.4. The van der Waals surface area contributed by atoms with Gasteiger partial charge in [0.05, 0.1) is 0 Å². The predicted molar refractivity (Wildman–Crippen MR) is 97.3 cm³/mol. The summed E-state index contributed by atoms with van der Waals surface area (Å²) in [7, 11) is 0. The van der Waals surface area contributed by atoms with Gasteiger partial charge in [0.2, 0.25) is 5.91 Å². The average molecular weight is 325 g/mol. The lowest BCUT2D eigenvalue weighted by atomic mass is 10.1. The van der Waals surface area contributed by atoms with E-state index in [2.05, 4.69) is 10.6 Å². The van der Waals surface area contributed by atoms with E-state index in [1.165, 1.54) is 0 Å². The SMILES string of the molecule is Cc1ccc(C(=O)Nc2ccc(NC(=O)CCN)cc2C)cc1C. The number of carbonyl (C=O) groups is 2. The standard InChI is InChI=1S/C19H23N3O2/c1-12-4-5-15(10-13(12)2)19(24)22-17-7-6-16(11-14(17)3)21-18(23)8-9-20/h4-7,10-11H,8-9,20H2,1-3H3,(H,21,23)(H,22,24). The Hall–Kier alpha value is -2.66. The summed E-state index contributed by atoms with van der Waals surface area (Å²) in [5.74, 6) is -0.273. The normalized spacial score (nSPS) is 10.3. The van der Waals surface area contributed by atoms with Crippen LogP contribution in [0.5, 0.6) is 0 Å². The number of hydrogen-bond donors (Lipinski definition) is 3. The van der Waals surface area contributed by atoms with Crippen molar-refractivity contribution in [2.24, 2.45) is 5.73 Å². The average Bonchev–Trinajstić information content (AvgIpc) is 2.52.